The summed E-state index contributed by atoms with van der Waals surface area (Å²) in [4.78, 5) is 0. The maximum Gasteiger partial charge on any atom is 0.153 e. The minimum Gasteiger partial charge on any atom is -0.382 e. The molecule has 0 saturated heterocycles. The number of rotatable bonds is 2. The zero-order chi connectivity index (χ0) is 14.1. The molecule has 0 atom stereocenters. The lowest BCUT2D eigenvalue weighted by molar-refractivity contribution is 0.629. The van der Waals surface area contributed by atoms with Gasteiger partial charge in [-0.05, 0) is 30.2 Å². The summed E-state index contributed by atoms with van der Waals surface area (Å²) in [6, 6.07) is 14.7. The number of halogens is 1. The molecule has 3 rings (SSSR count). The molecule has 0 radical (unpaired) electrons. The number of nitrogen functional groups attached to an aromatic ring is 1. The molecule has 20 heavy (non-hydrogen) atoms. The van der Waals surface area contributed by atoms with Crippen LogP contribution >= 0.6 is 0 Å². The van der Waals surface area contributed by atoms with Gasteiger partial charge in [-0.1, -0.05) is 36.4 Å². The van der Waals surface area contributed by atoms with Crippen molar-refractivity contribution < 1.29 is 4.39 Å². The van der Waals surface area contributed by atoms with Gasteiger partial charge in [0.1, 0.15) is 5.82 Å². The van der Waals surface area contributed by atoms with E-state index in [9.17, 15) is 4.39 Å². The van der Waals surface area contributed by atoms with Crippen molar-refractivity contribution in [3.63, 3.8) is 0 Å². The highest BCUT2D eigenvalue weighted by atomic mass is 19.1. The van der Waals surface area contributed by atoms with Crippen molar-refractivity contribution in [2.45, 2.75) is 6.92 Å². The van der Waals surface area contributed by atoms with E-state index in [1.165, 1.54) is 6.07 Å². The minimum absolute atomic E-state index is 0.286. The van der Waals surface area contributed by atoms with Gasteiger partial charge in [0, 0.05) is 5.56 Å². The number of aryl methyl sites for hydroxylation is 1. The summed E-state index contributed by atoms with van der Waals surface area (Å²) < 4.78 is 14.2. The Morgan fingerprint density at radius 2 is 1.85 bits per heavy atom. The third-order valence-electron chi connectivity index (χ3n) is 3.25. The first-order chi connectivity index (χ1) is 9.66. The highest BCUT2D eigenvalue weighted by molar-refractivity contribution is 5.87. The number of nitrogens with zero attached hydrogens (tertiary/aromatic N) is 1. The summed E-state index contributed by atoms with van der Waals surface area (Å²) in [5.74, 6) is 0.0806. The van der Waals surface area contributed by atoms with Gasteiger partial charge in [-0.25, -0.2) is 4.39 Å². The Hall–Kier alpha value is -2.62. The Morgan fingerprint density at radius 3 is 2.55 bits per heavy atom. The van der Waals surface area contributed by atoms with Gasteiger partial charge in [0.15, 0.2) is 5.82 Å². The van der Waals surface area contributed by atoms with E-state index >= 15 is 0 Å². The van der Waals surface area contributed by atoms with Crippen LogP contribution in [0.5, 0.6) is 0 Å². The maximum atomic E-state index is 14.2. The van der Waals surface area contributed by atoms with E-state index < -0.39 is 0 Å². The lowest BCUT2D eigenvalue weighted by Gasteiger charge is -2.06. The second kappa shape index (κ2) is 4.81. The van der Waals surface area contributed by atoms with Gasteiger partial charge in [-0.3, -0.25) is 5.10 Å². The molecule has 3 nitrogen and oxygen atoms in total. The standard InChI is InChI=1S/C16H14FN3/c1-10-7-8-12(13(17)9-10)15-14(16(18)20-19-15)11-5-3-2-4-6-11/h2-9H,1H3,(H3,18,19,20). The second-order valence-corrected chi connectivity index (χ2v) is 4.71. The third kappa shape index (κ3) is 2.05. The van der Waals surface area contributed by atoms with Gasteiger partial charge in [0.25, 0.3) is 0 Å². The summed E-state index contributed by atoms with van der Waals surface area (Å²) in [7, 11) is 0. The van der Waals surface area contributed by atoms with Crippen LogP contribution in [0, 0.1) is 12.7 Å². The minimum atomic E-state index is -0.286. The number of benzene rings is 2. The fraction of sp³-hybridized carbons (Fsp3) is 0.0625. The van der Waals surface area contributed by atoms with Crippen molar-refractivity contribution >= 4 is 5.82 Å². The summed E-state index contributed by atoms with van der Waals surface area (Å²) in [6.07, 6.45) is 0. The van der Waals surface area contributed by atoms with Crippen LogP contribution in [0.4, 0.5) is 10.2 Å². The van der Waals surface area contributed by atoms with Gasteiger partial charge >= 0.3 is 0 Å². The average Bonchev–Trinajstić information content (AvgIpc) is 2.81. The lowest BCUT2D eigenvalue weighted by Crippen LogP contribution is -1.90. The SMILES string of the molecule is Cc1ccc(-c2[nH]nc(N)c2-c2ccccc2)c(F)c1. The number of hydrogen-bond acceptors (Lipinski definition) is 2. The number of nitrogens with two attached hydrogens (primary N) is 1. The van der Waals surface area contributed by atoms with Crippen molar-refractivity contribution in [1.29, 1.82) is 0 Å². The van der Waals surface area contributed by atoms with E-state index in [2.05, 4.69) is 10.2 Å². The van der Waals surface area contributed by atoms with E-state index in [0.717, 1.165) is 16.7 Å². The van der Waals surface area contributed by atoms with Gasteiger partial charge < -0.3 is 5.73 Å². The Kier molecular flexibility index (Phi) is 2.99. The summed E-state index contributed by atoms with van der Waals surface area (Å²) in [5.41, 5.74) is 9.52. The summed E-state index contributed by atoms with van der Waals surface area (Å²) in [6.45, 7) is 1.85. The number of nitrogens with one attached hydrogen (secondary N) is 1. The molecule has 0 aliphatic rings. The first kappa shape index (κ1) is 12.4. The van der Waals surface area contributed by atoms with E-state index in [1.54, 1.807) is 6.07 Å². The molecule has 1 aromatic heterocycles. The second-order valence-electron chi connectivity index (χ2n) is 4.71. The number of anilines is 1. The molecular formula is C16H14FN3. The molecule has 0 aliphatic heterocycles. The zero-order valence-electron chi connectivity index (χ0n) is 11.0. The molecular weight excluding hydrogens is 253 g/mol. The molecule has 0 bridgehead atoms. The Balaban J connectivity index is 2.21. The fourth-order valence-corrected chi connectivity index (χ4v) is 2.27. The van der Waals surface area contributed by atoms with E-state index in [1.807, 2.05) is 43.3 Å². The first-order valence-corrected chi connectivity index (χ1v) is 6.32. The number of hydrogen-bond donors (Lipinski definition) is 2. The molecule has 0 unspecified atom stereocenters. The highest BCUT2D eigenvalue weighted by Crippen LogP contribution is 2.35. The van der Waals surface area contributed by atoms with Gasteiger partial charge in [-0.15, -0.1) is 0 Å². The normalized spacial score (nSPS) is 10.7. The molecule has 0 saturated carbocycles. The van der Waals surface area contributed by atoms with Crippen molar-refractivity contribution in [2.75, 3.05) is 5.73 Å². The van der Waals surface area contributed by atoms with Gasteiger partial charge in [0.2, 0.25) is 0 Å². The van der Waals surface area contributed by atoms with Crippen LogP contribution in [0.15, 0.2) is 48.5 Å². The molecule has 4 heteroatoms. The van der Waals surface area contributed by atoms with Crippen LogP contribution in [0.25, 0.3) is 22.4 Å². The van der Waals surface area contributed by atoms with Crippen molar-refractivity contribution in [1.82, 2.24) is 10.2 Å². The summed E-state index contributed by atoms with van der Waals surface area (Å²) in [5, 5.41) is 6.85. The lowest BCUT2D eigenvalue weighted by atomic mass is 10.00. The Bertz CT molecular complexity index is 748. The first-order valence-electron chi connectivity index (χ1n) is 6.32. The van der Waals surface area contributed by atoms with Crippen LogP contribution < -0.4 is 5.73 Å². The Morgan fingerprint density at radius 1 is 1.10 bits per heavy atom. The predicted molar refractivity (Wildman–Crippen MR) is 78.6 cm³/mol. The van der Waals surface area contributed by atoms with E-state index in [0.29, 0.717) is 17.1 Å². The third-order valence-corrected chi connectivity index (χ3v) is 3.25. The molecule has 2 aromatic carbocycles. The van der Waals surface area contributed by atoms with Crippen molar-refractivity contribution in [3.8, 4) is 22.4 Å². The van der Waals surface area contributed by atoms with Crippen LogP contribution in [0.2, 0.25) is 0 Å². The number of aromatic nitrogens is 2. The fourth-order valence-electron chi connectivity index (χ4n) is 2.27. The molecule has 0 amide bonds. The average molecular weight is 267 g/mol. The highest BCUT2D eigenvalue weighted by Gasteiger charge is 2.17. The van der Waals surface area contributed by atoms with Crippen molar-refractivity contribution in [2.24, 2.45) is 0 Å². The van der Waals surface area contributed by atoms with Gasteiger partial charge in [0.05, 0.1) is 11.3 Å². The zero-order valence-corrected chi connectivity index (χ0v) is 11.0. The molecule has 0 aliphatic carbocycles. The quantitative estimate of drug-likeness (QED) is 0.742. The largest absolute Gasteiger partial charge is 0.382 e. The molecule has 0 spiro atoms. The maximum absolute atomic E-state index is 14.2. The van der Waals surface area contributed by atoms with Crippen LogP contribution in [-0.2, 0) is 0 Å². The van der Waals surface area contributed by atoms with Crippen LogP contribution in [-0.4, -0.2) is 10.2 Å². The molecule has 1 heterocycles. The topological polar surface area (TPSA) is 54.7 Å². The molecule has 100 valence electrons. The molecule has 3 N–H and O–H groups in total. The van der Waals surface area contributed by atoms with Gasteiger partial charge in [-0.2, -0.15) is 5.10 Å². The molecule has 0 fully saturated rings. The van der Waals surface area contributed by atoms with Crippen LogP contribution in [0.3, 0.4) is 0 Å². The van der Waals surface area contributed by atoms with E-state index in [-0.39, 0.29) is 5.82 Å². The predicted octanol–water partition coefficient (Wildman–Crippen LogP) is 3.77. The smallest absolute Gasteiger partial charge is 0.153 e. The Labute approximate surface area is 116 Å². The van der Waals surface area contributed by atoms with Crippen LogP contribution in [0.1, 0.15) is 5.56 Å². The number of H-pyrrole nitrogens is 1. The molecule has 3 aromatic rings. The monoisotopic (exact) mass is 267 g/mol. The van der Waals surface area contributed by atoms with E-state index in [4.69, 9.17) is 5.73 Å². The summed E-state index contributed by atoms with van der Waals surface area (Å²) >= 11 is 0. The van der Waals surface area contributed by atoms with Crippen molar-refractivity contribution in [3.05, 3.63) is 59.9 Å². The number of aromatic amines is 1.